The molecule has 4 aromatic rings. The van der Waals surface area contributed by atoms with Crippen LogP contribution in [0.5, 0.6) is 11.5 Å². The van der Waals surface area contributed by atoms with Crippen LogP contribution < -0.4 is 15.0 Å². The van der Waals surface area contributed by atoms with Crippen LogP contribution in [0, 0.1) is 6.92 Å². The van der Waals surface area contributed by atoms with Crippen LogP contribution in [0.1, 0.15) is 37.7 Å². The summed E-state index contributed by atoms with van der Waals surface area (Å²) in [7, 11) is 0. The number of carboxylic acids is 1. The lowest BCUT2D eigenvalue weighted by atomic mass is 10.0. The number of aryl methyl sites for hydroxylation is 1. The number of hydrogen-bond donors (Lipinski definition) is 2. The monoisotopic (exact) mass is 434 g/mol. The van der Waals surface area contributed by atoms with E-state index in [0.29, 0.717) is 33.8 Å². The van der Waals surface area contributed by atoms with Crippen molar-refractivity contribution in [3.05, 3.63) is 85.8 Å². The molecular formula is C23H18N2O5S. The zero-order valence-electron chi connectivity index (χ0n) is 16.6. The molecule has 2 N–H and O–H groups in total. The van der Waals surface area contributed by atoms with Gasteiger partial charge in [-0.15, -0.1) is 11.3 Å². The molecule has 0 amide bonds. The number of rotatable bonds is 5. The Bertz CT molecular complexity index is 1390. The van der Waals surface area contributed by atoms with Crippen LogP contribution >= 0.6 is 11.3 Å². The van der Waals surface area contributed by atoms with Crippen molar-refractivity contribution in [3.63, 3.8) is 0 Å². The molecule has 31 heavy (non-hydrogen) atoms. The first-order chi connectivity index (χ1) is 15.0. The van der Waals surface area contributed by atoms with Crippen molar-refractivity contribution in [1.29, 1.82) is 0 Å². The summed E-state index contributed by atoms with van der Waals surface area (Å²) in [6, 6.07) is 12.5. The second-order valence-electron chi connectivity index (χ2n) is 7.33. The molecule has 0 fully saturated rings. The summed E-state index contributed by atoms with van der Waals surface area (Å²) in [5, 5.41) is 9.98. The highest BCUT2D eigenvalue weighted by atomic mass is 32.1. The van der Waals surface area contributed by atoms with E-state index in [1.807, 2.05) is 25.1 Å². The SMILES string of the molecule is Cc1sc2nc(Cc3ccccc3C(=O)O)[nH]c(=O)c2c1Cc1ccc2c(c1)OCO2. The molecular weight excluding hydrogens is 416 g/mol. The lowest BCUT2D eigenvalue weighted by molar-refractivity contribution is 0.0696. The predicted octanol–water partition coefficient (Wildman–Crippen LogP) is 3.90. The van der Waals surface area contributed by atoms with E-state index in [4.69, 9.17) is 9.47 Å². The van der Waals surface area contributed by atoms with Crippen molar-refractivity contribution >= 4 is 27.5 Å². The van der Waals surface area contributed by atoms with E-state index in [9.17, 15) is 14.7 Å². The second-order valence-corrected chi connectivity index (χ2v) is 8.54. The van der Waals surface area contributed by atoms with Crippen LogP contribution in [-0.2, 0) is 12.8 Å². The molecule has 0 saturated heterocycles. The van der Waals surface area contributed by atoms with Crippen LogP contribution in [0.25, 0.3) is 10.2 Å². The Morgan fingerprint density at radius 2 is 1.97 bits per heavy atom. The number of ether oxygens (including phenoxy) is 2. The average Bonchev–Trinajstić information content (AvgIpc) is 3.32. The molecule has 8 heteroatoms. The fourth-order valence-electron chi connectivity index (χ4n) is 3.83. The summed E-state index contributed by atoms with van der Waals surface area (Å²) in [5.74, 6) is 0.877. The summed E-state index contributed by atoms with van der Waals surface area (Å²) < 4.78 is 10.8. The highest BCUT2D eigenvalue weighted by Crippen LogP contribution is 2.35. The Hall–Kier alpha value is -3.65. The lowest BCUT2D eigenvalue weighted by Gasteiger charge is -2.06. The van der Waals surface area contributed by atoms with Gasteiger partial charge in [-0.1, -0.05) is 24.3 Å². The molecule has 1 aliphatic heterocycles. The molecule has 7 nitrogen and oxygen atoms in total. The fourth-order valence-corrected chi connectivity index (χ4v) is 4.90. The van der Waals surface area contributed by atoms with Crippen molar-refractivity contribution in [2.45, 2.75) is 19.8 Å². The number of aromatic nitrogens is 2. The zero-order valence-corrected chi connectivity index (χ0v) is 17.4. The highest BCUT2D eigenvalue weighted by molar-refractivity contribution is 7.18. The molecule has 3 heterocycles. The smallest absolute Gasteiger partial charge is 0.335 e. The maximum atomic E-state index is 13.0. The van der Waals surface area contributed by atoms with Crippen molar-refractivity contribution < 1.29 is 19.4 Å². The summed E-state index contributed by atoms with van der Waals surface area (Å²) in [5.41, 5.74) is 2.55. The Kier molecular flexibility index (Phi) is 4.71. The molecule has 0 saturated carbocycles. The van der Waals surface area contributed by atoms with E-state index < -0.39 is 5.97 Å². The molecule has 2 aromatic carbocycles. The Morgan fingerprint density at radius 3 is 2.81 bits per heavy atom. The predicted molar refractivity (Wildman–Crippen MR) is 117 cm³/mol. The summed E-state index contributed by atoms with van der Waals surface area (Å²) in [6.07, 6.45) is 0.816. The topological polar surface area (TPSA) is 102 Å². The van der Waals surface area contributed by atoms with Gasteiger partial charge in [0.2, 0.25) is 6.79 Å². The third-order valence-corrected chi connectivity index (χ3v) is 6.38. The van der Waals surface area contributed by atoms with Crippen LogP contribution in [0.15, 0.2) is 47.3 Å². The van der Waals surface area contributed by atoms with Crippen molar-refractivity contribution in [1.82, 2.24) is 9.97 Å². The third kappa shape index (κ3) is 3.55. The number of aromatic amines is 1. The van der Waals surface area contributed by atoms with Gasteiger partial charge in [0, 0.05) is 11.3 Å². The van der Waals surface area contributed by atoms with Gasteiger partial charge in [0.15, 0.2) is 11.5 Å². The summed E-state index contributed by atoms with van der Waals surface area (Å²) in [6.45, 7) is 2.20. The molecule has 2 aromatic heterocycles. The van der Waals surface area contributed by atoms with Crippen molar-refractivity contribution in [2.75, 3.05) is 6.79 Å². The van der Waals surface area contributed by atoms with Crippen LogP contribution in [0.4, 0.5) is 0 Å². The normalized spacial score (nSPS) is 12.4. The van der Waals surface area contributed by atoms with Gasteiger partial charge >= 0.3 is 5.97 Å². The Labute approximate surface area is 180 Å². The minimum absolute atomic E-state index is 0.205. The first kappa shape index (κ1) is 19.3. The Morgan fingerprint density at radius 1 is 1.16 bits per heavy atom. The number of aromatic carboxylic acids is 1. The van der Waals surface area contributed by atoms with Crippen LogP contribution in [0.2, 0.25) is 0 Å². The minimum atomic E-state index is -1.00. The highest BCUT2D eigenvalue weighted by Gasteiger charge is 2.19. The van der Waals surface area contributed by atoms with Crippen molar-refractivity contribution in [2.24, 2.45) is 0 Å². The summed E-state index contributed by atoms with van der Waals surface area (Å²) in [4.78, 5) is 33.6. The van der Waals surface area contributed by atoms with E-state index in [1.165, 1.54) is 11.3 Å². The number of thiophene rings is 1. The molecule has 0 aliphatic carbocycles. The van der Waals surface area contributed by atoms with Gasteiger partial charge in [-0.3, -0.25) is 4.79 Å². The summed E-state index contributed by atoms with van der Waals surface area (Å²) >= 11 is 1.47. The first-order valence-electron chi connectivity index (χ1n) is 9.70. The number of fused-ring (bicyclic) bond motifs is 2. The van der Waals surface area contributed by atoms with Gasteiger partial charge in [0.1, 0.15) is 10.7 Å². The third-order valence-electron chi connectivity index (χ3n) is 5.34. The Balaban J connectivity index is 1.51. The van der Waals surface area contributed by atoms with E-state index in [1.54, 1.807) is 24.3 Å². The van der Waals surface area contributed by atoms with E-state index >= 15 is 0 Å². The van der Waals surface area contributed by atoms with Crippen molar-refractivity contribution in [3.8, 4) is 11.5 Å². The molecule has 0 bridgehead atoms. The first-order valence-corrected chi connectivity index (χ1v) is 10.5. The number of benzene rings is 2. The molecule has 1 aliphatic rings. The zero-order chi connectivity index (χ0) is 21.5. The number of H-pyrrole nitrogens is 1. The number of nitrogens with zero attached hydrogens (tertiary/aromatic N) is 1. The van der Waals surface area contributed by atoms with Gasteiger partial charge in [0.05, 0.1) is 10.9 Å². The quantitative estimate of drug-likeness (QED) is 0.494. The van der Waals surface area contributed by atoms with Gasteiger partial charge in [-0.2, -0.15) is 0 Å². The number of nitrogens with one attached hydrogen (secondary N) is 1. The molecule has 0 atom stereocenters. The van der Waals surface area contributed by atoms with E-state index in [2.05, 4.69) is 9.97 Å². The maximum absolute atomic E-state index is 13.0. The molecule has 0 spiro atoms. The molecule has 5 rings (SSSR count). The largest absolute Gasteiger partial charge is 0.478 e. The maximum Gasteiger partial charge on any atom is 0.335 e. The van der Waals surface area contributed by atoms with E-state index in [-0.39, 0.29) is 24.3 Å². The molecule has 0 unspecified atom stereocenters. The number of carbonyl (C=O) groups is 1. The average molecular weight is 434 g/mol. The van der Waals surface area contributed by atoms with Gasteiger partial charge in [-0.25, -0.2) is 9.78 Å². The number of hydrogen-bond acceptors (Lipinski definition) is 6. The van der Waals surface area contributed by atoms with Gasteiger partial charge in [-0.05, 0) is 48.2 Å². The standard InChI is InChI=1S/C23H18N2O5S/c1-12-16(8-13-6-7-17-18(9-13)30-11-29-17)20-21(26)24-19(25-22(20)31-12)10-14-4-2-3-5-15(14)23(27)28/h2-7,9H,8,10-11H2,1H3,(H,27,28)(H,24,25,26). The van der Waals surface area contributed by atoms with Gasteiger partial charge < -0.3 is 19.6 Å². The lowest BCUT2D eigenvalue weighted by Crippen LogP contribution is -2.13. The van der Waals surface area contributed by atoms with Crippen LogP contribution in [-0.4, -0.2) is 27.8 Å². The second kappa shape index (κ2) is 7.55. The number of carboxylic acid groups (broad SMARTS) is 1. The van der Waals surface area contributed by atoms with Gasteiger partial charge in [0.25, 0.3) is 5.56 Å². The molecule has 0 radical (unpaired) electrons. The van der Waals surface area contributed by atoms with Crippen LogP contribution in [0.3, 0.4) is 0 Å². The minimum Gasteiger partial charge on any atom is -0.478 e. The fraction of sp³-hybridized carbons (Fsp3) is 0.174. The molecule has 156 valence electrons. The van der Waals surface area contributed by atoms with E-state index in [0.717, 1.165) is 21.8 Å².